The van der Waals surface area contributed by atoms with E-state index in [1.807, 2.05) is 48.5 Å². The second-order valence-electron chi connectivity index (χ2n) is 8.20. The third-order valence-electron chi connectivity index (χ3n) is 5.56. The van der Waals surface area contributed by atoms with E-state index in [0.717, 1.165) is 28.1 Å². The van der Waals surface area contributed by atoms with Crippen molar-refractivity contribution >= 4 is 28.4 Å². The van der Waals surface area contributed by atoms with Gasteiger partial charge in [0.1, 0.15) is 17.6 Å². The number of ether oxygens (including phenoxy) is 4. The average Bonchev–Trinajstić information content (AvgIpc) is 3.32. The molecule has 0 amide bonds. The maximum atomic E-state index is 11.8. The zero-order valence-corrected chi connectivity index (χ0v) is 21.0. The molecule has 0 radical (unpaired) electrons. The van der Waals surface area contributed by atoms with Gasteiger partial charge in [-0.25, -0.2) is 4.98 Å². The van der Waals surface area contributed by atoms with Gasteiger partial charge in [-0.05, 0) is 18.2 Å². The number of benzene rings is 2. The van der Waals surface area contributed by atoms with Crippen molar-refractivity contribution in [2.24, 2.45) is 7.05 Å². The lowest BCUT2D eigenvalue weighted by Crippen LogP contribution is -2.35. The van der Waals surface area contributed by atoms with Crippen LogP contribution in [0.15, 0.2) is 55.0 Å². The summed E-state index contributed by atoms with van der Waals surface area (Å²) in [4.78, 5) is 23.2. The Morgan fingerprint density at radius 1 is 1.00 bits per heavy atom. The van der Waals surface area contributed by atoms with Crippen LogP contribution in [0, 0.1) is 0 Å². The lowest BCUT2D eigenvalue weighted by atomic mass is 10.1. The second-order valence-corrected chi connectivity index (χ2v) is 8.20. The number of rotatable bonds is 10. The molecular weight excluding hydrogens is 462 g/mol. The lowest BCUT2D eigenvalue weighted by molar-refractivity contribution is -0.148. The van der Waals surface area contributed by atoms with Crippen LogP contribution in [-0.2, 0) is 21.3 Å². The van der Waals surface area contributed by atoms with Crippen molar-refractivity contribution in [1.82, 2.24) is 19.7 Å². The first kappa shape index (κ1) is 24.9. The minimum atomic E-state index is -0.520. The normalized spacial score (nSPS) is 11.8. The summed E-state index contributed by atoms with van der Waals surface area (Å²) in [5, 5.41) is 4.23. The van der Waals surface area contributed by atoms with Crippen LogP contribution in [0.5, 0.6) is 11.5 Å². The van der Waals surface area contributed by atoms with E-state index in [0.29, 0.717) is 23.6 Å². The topological polar surface area (TPSA) is 101 Å². The molecule has 0 N–H and O–H groups in total. The van der Waals surface area contributed by atoms with Crippen molar-refractivity contribution in [3.05, 3.63) is 55.0 Å². The van der Waals surface area contributed by atoms with Crippen molar-refractivity contribution in [2.75, 3.05) is 39.4 Å². The van der Waals surface area contributed by atoms with Gasteiger partial charge in [0.25, 0.3) is 0 Å². The first-order chi connectivity index (χ1) is 17.4. The molecule has 4 rings (SSSR count). The fourth-order valence-electron chi connectivity index (χ4n) is 3.92. The van der Waals surface area contributed by atoms with E-state index in [4.69, 9.17) is 23.9 Å². The SMILES string of the molecule is COC[C@@H](CN(c1cc(OC)cc(OC)c1)c1ccc2ncc(-c3cnn(C)c3)nc2c1)OC(C)=O. The Morgan fingerprint density at radius 3 is 2.36 bits per heavy atom. The van der Waals surface area contributed by atoms with Crippen molar-refractivity contribution in [1.29, 1.82) is 0 Å². The highest BCUT2D eigenvalue weighted by Crippen LogP contribution is 2.34. The number of hydrogen-bond donors (Lipinski definition) is 0. The van der Waals surface area contributed by atoms with Crippen molar-refractivity contribution in [3.8, 4) is 22.8 Å². The predicted molar refractivity (Wildman–Crippen MR) is 136 cm³/mol. The van der Waals surface area contributed by atoms with Gasteiger partial charge in [-0.1, -0.05) is 0 Å². The van der Waals surface area contributed by atoms with E-state index in [9.17, 15) is 4.79 Å². The fraction of sp³-hybridized carbons (Fsp3) is 0.308. The van der Waals surface area contributed by atoms with E-state index >= 15 is 0 Å². The van der Waals surface area contributed by atoms with Gasteiger partial charge in [0.05, 0.1) is 56.5 Å². The van der Waals surface area contributed by atoms with E-state index in [1.165, 1.54) is 6.92 Å². The average molecular weight is 492 g/mol. The minimum Gasteiger partial charge on any atom is -0.497 e. The lowest BCUT2D eigenvalue weighted by Gasteiger charge is -2.29. The number of methoxy groups -OCH3 is 3. The summed E-state index contributed by atoms with van der Waals surface area (Å²) in [5.74, 6) is 0.875. The number of carbonyl (C=O) groups excluding carboxylic acids is 1. The van der Waals surface area contributed by atoms with Crippen LogP contribution in [0.3, 0.4) is 0 Å². The summed E-state index contributed by atoms with van der Waals surface area (Å²) in [5.41, 5.74) is 4.67. The van der Waals surface area contributed by atoms with Gasteiger partial charge in [0.15, 0.2) is 0 Å². The maximum absolute atomic E-state index is 11.8. The standard InChI is InChI=1S/C26H29N5O5/c1-17(32)36-23(16-33-3)15-31(20-8-21(34-4)11-22(9-20)35-5)19-6-7-24-25(10-19)29-26(13-27-24)18-12-28-30(2)14-18/h6-14,23H,15-16H2,1-5H3/t23-/m1/s1. The Balaban J connectivity index is 1.81. The molecule has 0 unspecified atom stereocenters. The highest BCUT2D eigenvalue weighted by Gasteiger charge is 2.21. The Kier molecular flexibility index (Phi) is 7.65. The highest BCUT2D eigenvalue weighted by molar-refractivity contribution is 5.82. The maximum Gasteiger partial charge on any atom is 0.303 e. The molecule has 0 bridgehead atoms. The van der Waals surface area contributed by atoms with Crippen molar-refractivity contribution in [2.45, 2.75) is 13.0 Å². The summed E-state index contributed by atoms with van der Waals surface area (Å²) in [6, 6.07) is 11.4. The molecule has 2 aromatic carbocycles. The number of carbonyl (C=O) groups is 1. The summed E-state index contributed by atoms with van der Waals surface area (Å²) < 4.78 is 23.6. The van der Waals surface area contributed by atoms with Gasteiger partial charge in [-0.2, -0.15) is 5.10 Å². The van der Waals surface area contributed by atoms with Crippen LogP contribution in [0.4, 0.5) is 11.4 Å². The number of aromatic nitrogens is 4. The molecule has 4 aromatic rings. The highest BCUT2D eigenvalue weighted by atomic mass is 16.6. The molecule has 10 heteroatoms. The number of esters is 1. The quantitative estimate of drug-likeness (QED) is 0.307. The molecule has 1 atom stereocenters. The third-order valence-corrected chi connectivity index (χ3v) is 5.56. The molecule has 10 nitrogen and oxygen atoms in total. The van der Waals surface area contributed by atoms with Gasteiger partial charge in [-0.3, -0.25) is 14.5 Å². The van der Waals surface area contributed by atoms with Crippen LogP contribution in [0.2, 0.25) is 0 Å². The Hall–Kier alpha value is -4.18. The van der Waals surface area contributed by atoms with Crippen LogP contribution in [-0.4, -0.2) is 66.3 Å². The van der Waals surface area contributed by atoms with Crippen molar-refractivity contribution in [3.63, 3.8) is 0 Å². The number of hydrogen-bond acceptors (Lipinski definition) is 9. The van der Waals surface area contributed by atoms with E-state index < -0.39 is 6.10 Å². The van der Waals surface area contributed by atoms with E-state index in [-0.39, 0.29) is 12.6 Å². The second kappa shape index (κ2) is 11.0. The smallest absolute Gasteiger partial charge is 0.303 e. The van der Waals surface area contributed by atoms with Crippen LogP contribution >= 0.6 is 0 Å². The molecule has 0 aliphatic rings. The molecule has 2 aromatic heterocycles. The first-order valence-electron chi connectivity index (χ1n) is 11.3. The molecule has 0 saturated heterocycles. The number of aryl methyl sites for hydroxylation is 1. The van der Waals surface area contributed by atoms with Gasteiger partial charge < -0.3 is 23.8 Å². The molecule has 0 fully saturated rings. The molecule has 36 heavy (non-hydrogen) atoms. The Morgan fingerprint density at radius 2 is 1.75 bits per heavy atom. The fourth-order valence-corrected chi connectivity index (χ4v) is 3.92. The molecule has 0 aliphatic carbocycles. The molecule has 2 heterocycles. The number of nitrogens with zero attached hydrogens (tertiary/aromatic N) is 5. The summed E-state index contributed by atoms with van der Waals surface area (Å²) in [7, 11) is 6.62. The van der Waals surface area contributed by atoms with Crippen LogP contribution < -0.4 is 14.4 Å². The number of anilines is 2. The number of fused-ring (bicyclic) bond motifs is 1. The van der Waals surface area contributed by atoms with Crippen molar-refractivity contribution < 1.29 is 23.7 Å². The van der Waals surface area contributed by atoms with Crippen LogP contribution in [0.25, 0.3) is 22.3 Å². The molecule has 188 valence electrons. The Bertz CT molecular complexity index is 1330. The molecule has 0 saturated carbocycles. The van der Waals surface area contributed by atoms with Crippen LogP contribution in [0.1, 0.15) is 6.92 Å². The monoisotopic (exact) mass is 491 g/mol. The van der Waals surface area contributed by atoms with E-state index in [2.05, 4.69) is 10.1 Å². The molecular formula is C26H29N5O5. The first-order valence-corrected chi connectivity index (χ1v) is 11.3. The minimum absolute atomic E-state index is 0.232. The predicted octanol–water partition coefficient (Wildman–Crippen LogP) is 3.76. The summed E-state index contributed by atoms with van der Waals surface area (Å²) in [6.45, 7) is 1.94. The zero-order chi connectivity index (χ0) is 25.7. The van der Waals surface area contributed by atoms with Gasteiger partial charge >= 0.3 is 5.97 Å². The molecule has 0 spiro atoms. The van der Waals surface area contributed by atoms with E-state index in [1.54, 1.807) is 44.5 Å². The largest absolute Gasteiger partial charge is 0.497 e. The van der Waals surface area contributed by atoms with Gasteiger partial charge in [0, 0.05) is 62.4 Å². The zero-order valence-electron chi connectivity index (χ0n) is 21.0. The Labute approximate surface area is 209 Å². The summed E-state index contributed by atoms with van der Waals surface area (Å²) in [6.07, 6.45) is 4.86. The third kappa shape index (κ3) is 5.72. The van der Waals surface area contributed by atoms with Gasteiger partial charge in [-0.15, -0.1) is 0 Å². The molecule has 0 aliphatic heterocycles. The summed E-state index contributed by atoms with van der Waals surface area (Å²) >= 11 is 0. The van der Waals surface area contributed by atoms with Gasteiger partial charge in [0.2, 0.25) is 0 Å².